The second-order valence-electron chi connectivity index (χ2n) is 4.28. The van der Waals surface area contributed by atoms with Crippen molar-refractivity contribution >= 4 is 17.5 Å². The predicted molar refractivity (Wildman–Crippen MR) is 64.5 cm³/mol. The molecule has 17 heavy (non-hydrogen) atoms. The van der Waals surface area contributed by atoms with Gasteiger partial charge in [0.05, 0.1) is 10.6 Å². The summed E-state index contributed by atoms with van der Waals surface area (Å²) >= 11 is 5.86. The Bertz CT molecular complexity index is 439. The number of carbonyl (C=O) groups is 1. The molecule has 0 saturated carbocycles. The molecule has 1 aromatic carbocycles. The smallest absolute Gasteiger partial charge is 0.255 e. The molecule has 92 valence electrons. The van der Waals surface area contributed by atoms with Crippen molar-refractivity contribution in [2.75, 3.05) is 13.1 Å². The minimum Gasteiger partial charge on any atom is -0.337 e. The third-order valence-electron chi connectivity index (χ3n) is 2.91. The van der Waals surface area contributed by atoms with Gasteiger partial charge in [0.2, 0.25) is 0 Å². The van der Waals surface area contributed by atoms with Gasteiger partial charge in [0.15, 0.2) is 0 Å². The van der Waals surface area contributed by atoms with E-state index in [9.17, 15) is 9.18 Å². The molecule has 0 bridgehead atoms. The van der Waals surface area contributed by atoms with Gasteiger partial charge in [0, 0.05) is 19.1 Å². The van der Waals surface area contributed by atoms with Crippen molar-refractivity contribution in [2.24, 2.45) is 5.73 Å². The molecule has 0 spiro atoms. The van der Waals surface area contributed by atoms with Gasteiger partial charge in [-0.3, -0.25) is 4.79 Å². The average molecular weight is 257 g/mol. The van der Waals surface area contributed by atoms with Crippen molar-refractivity contribution in [3.8, 4) is 0 Å². The summed E-state index contributed by atoms with van der Waals surface area (Å²) in [5, 5.41) is 0.147. The first-order valence-electron chi connectivity index (χ1n) is 5.58. The van der Waals surface area contributed by atoms with Crippen LogP contribution in [0.5, 0.6) is 0 Å². The summed E-state index contributed by atoms with van der Waals surface area (Å²) in [6.07, 6.45) is 1.83. The van der Waals surface area contributed by atoms with E-state index in [0.717, 1.165) is 18.9 Å². The minimum atomic E-state index is -0.443. The van der Waals surface area contributed by atoms with Gasteiger partial charge in [0.25, 0.3) is 5.91 Å². The van der Waals surface area contributed by atoms with Gasteiger partial charge in [-0.1, -0.05) is 11.6 Å². The number of benzene rings is 1. The van der Waals surface area contributed by atoms with E-state index in [1.165, 1.54) is 12.1 Å². The van der Waals surface area contributed by atoms with Gasteiger partial charge in [-0.2, -0.15) is 0 Å². The van der Waals surface area contributed by atoms with Crippen LogP contribution in [0.15, 0.2) is 18.2 Å². The summed E-state index contributed by atoms with van der Waals surface area (Å²) in [6, 6.07) is 3.83. The second-order valence-corrected chi connectivity index (χ2v) is 4.68. The molecular formula is C12H14ClFN2O. The molecule has 1 saturated heterocycles. The lowest BCUT2D eigenvalue weighted by Gasteiger charge is -2.31. The van der Waals surface area contributed by atoms with Crippen LogP contribution in [0.3, 0.4) is 0 Å². The number of nitrogens with zero attached hydrogens (tertiary/aromatic N) is 1. The molecule has 1 aromatic rings. The molecule has 0 radical (unpaired) electrons. The van der Waals surface area contributed by atoms with E-state index in [2.05, 4.69) is 0 Å². The molecule has 1 heterocycles. The molecule has 5 heteroatoms. The summed E-state index contributed by atoms with van der Waals surface area (Å²) in [6.45, 7) is 1.22. The molecule has 1 fully saturated rings. The third kappa shape index (κ3) is 2.76. The topological polar surface area (TPSA) is 46.3 Å². The van der Waals surface area contributed by atoms with Crippen LogP contribution >= 0.6 is 11.6 Å². The highest BCUT2D eigenvalue weighted by Gasteiger charge is 2.23. The maximum atomic E-state index is 12.9. The quantitative estimate of drug-likeness (QED) is 0.836. The molecule has 1 aliphatic rings. The van der Waals surface area contributed by atoms with Crippen molar-refractivity contribution in [3.05, 3.63) is 34.6 Å². The fourth-order valence-electron chi connectivity index (χ4n) is 2.03. The van der Waals surface area contributed by atoms with Crippen molar-refractivity contribution in [1.82, 2.24) is 4.90 Å². The maximum absolute atomic E-state index is 12.9. The van der Waals surface area contributed by atoms with E-state index in [1.54, 1.807) is 4.90 Å². The highest BCUT2D eigenvalue weighted by Crippen LogP contribution is 2.20. The molecular weight excluding hydrogens is 243 g/mol. The average Bonchev–Trinajstić information content (AvgIpc) is 2.28. The number of piperidine rings is 1. The highest BCUT2D eigenvalue weighted by atomic mass is 35.5. The predicted octanol–water partition coefficient (Wildman–Crippen LogP) is 2.04. The zero-order chi connectivity index (χ0) is 12.4. The van der Waals surface area contributed by atoms with Crippen LogP contribution in [0, 0.1) is 5.82 Å². The lowest BCUT2D eigenvalue weighted by atomic mass is 10.1. The molecule has 1 aliphatic heterocycles. The highest BCUT2D eigenvalue weighted by molar-refractivity contribution is 6.33. The summed E-state index contributed by atoms with van der Waals surface area (Å²) in [5.74, 6) is -0.618. The number of likely N-dealkylation sites (tertiary alicyclic amines) is 1. The van der Waals surface area contributed by atoms with E-state index in [0.29, 0.717) is 18.7 Å². The number of rotatable bonds is 1. The fraction of sp³-hybridized carbons (Fsp3) is 0.417. The molecule has 1 amide bonds. The van der Waals surface area contributed by atoms with Gasteiger partial charge in [-0.25, -0.2) is 4.39 Å². The van der Waals surface area contributed by atoms with Gasteiger partial charge in [0.1, 0.15) is 5.82 Å². The van der Waals surface area contributed by atoms with Gasteiger partial charge in [-0.15, -0.1) is 0 Å². The zero-order valence-corrected chi connectivity index (χ0v) is 10.1. The Morgan fingerprint density at radius 1 is 1.53 bits per heavy atom. The third-order valence-corrected chi connectivity index (χ3v) is 3.22. The van der Waals surface area contributed by atoms with Crippen molar-refractivity contribution in [2.45, 2.75) is 18.9 Å². The number of hydrogen-bond donors (Lipinski definition) is 1. The molecule has 2 N–H and O–H groups in total. The number of hydrogen-bond acceptors (Lipinski definition) is 2. The lowest BCUT2D eigenvalue weighted by Crippen LogP contribution is -2.45. The monoisotopic (exact) mass is 256 g/mol. The summed E-state index contributed by atoms with van der Waals surface area (Å²) in [5.41, 5.74) is 6.15. The summed E-state index contributed by atoms with van der Waals surface area (Å²) in [7, 11) is 0. The van der Waals surface area contributed by atoms with Crippen LogP contribution in [0.2, 0.25) is 5.02 Å². The van der Waals surface area contributed by atoms with Crippen LogP contribution < -0.4 is 5.73 Å². The van der Waals surface area contributed by atoms with Crippen molar-refractivity contribution < 1.29 is 9.18 Å². The van der Waals surface area contributed by atoms with E-state index >= 15 is 0 Å². The summed E-state index contributed by atoms with van der Waals surface area (Å²) in [4.78, 5) is 13.8. The Hall–Kier alpha value is -1.13. The van der Waals surface area contributed by atoms with Crippen LogP contribution in [0.1, 0.15) is 23.2 Å². The van der Waals surface area contributed by atoms with E-state index < -0.39 is 5.82 Å². The largest absolute Gasteiger partial charge is 0.337 e. The Kier molecular flexibility index (Phi) is 3.64. The molecule has 0 unspecified atom stereocenters. The Balaban J connectivity index is 2.18. The molecule has 0 aliphatic carbocycles. The first kappa shape index (κ1) is 12.3. The molecule has 0 aromatic heterocycles. The van der Waals surface area contributed by atoms with Crippen LogP contribution in [0.25, 0.3) is 0 Å². The van der Waals surface area contributed by atoms with E-state index in [4.69, 9.17) is 17.3 Å². The maximum Gasteiger partial charge on any atom is 0.255 e. The van der Waals surface area contributed by atoms with Gasteiger partial charge in [-0.05, 0) is 31.0 Å². The Morgan fingerprint density at radius 2 is 2.29 bits per heavy atom. The standard InChI is InChI=1S/C12H14ClFN2O/c13-11-6-8(14)3-4-10(11)12(17)16-5-1-2-9(15)7-16/h3-4,6,9H,1-2,5,7,15H2/t9-/m0/s1. The van der Waals surface area contributed by atoms with Crippen molar-refractivity contribution in [1.29, 1.82) is 0 Å². The Labute approximate surface area is 104 Å². The van der Waals surface area contributed by atoms with Crippen LogP contribution in [0.4, 0.5) is 4.39 Å². The SMILES string of the molecule is N[C@H]1CCCN(C(=O)c2ccc(F)cc2Cl)C1. The number of halogens is 2. The van der Waals surface area contributed by atoms with E-state index in [1.807, 2.05) is 0 Å². The zero-order valence-electron chi connectivity index (χ0n) is 9.33. The number of nitrogens with two attached hydrogens (primary N) is 1. The van der Waals surface area contributed by atoms with E-state index in [-0.39, 0.29) is 17.0 Å². The van der Waals surface area contributed by atoms with Gasteiger partial charge >= 0.3 is 0 Å². The molecule has 3 nitrogen and oxygen atoms in total. The molecule has 2 rings (SSSR count). The van der Waals surface area contributed by atoms with Crippen molar-refractivity contribution in [3.63, 3.8) is 0 Å². The number of carbonyl (C=O) groups excluding carboxylic acids is 1. The second kappa shape index (κ2) is 5.02. The Morgan fingerprint density at radius 3 is 2.94 bits per heavy atom. The van der Waals surface area contributed by atoms with Crippen LogP contribution in [-0.2, 0) is 0 Å². The van der Waals surface area contributed by atoms with Gasteiger partial charge < -0.3 is 10.6 Å². The first-order chi connectivity index (χ1) is 8.08. The molecule has 1 atom stereocenters. The minimum absolute atomic E-state index is 0.0203. The fourth-order valence-corrected chi connectivity index (χ4v) is 2.28. The normalized spacial score (nSPS) is 20.4. The van der Waals surface area contributed by atoms with Crippen LogP contribution in [-0.4, -0.2) is 29.9 Å². The lowest BCUT2D eigenvalue weighted by molar-refractivity contribution is 0.0709. The summed E-state index contributed by atoms with van der Waals surface area (Å²) < 4.78 is 12.9. The first-order valence-corrected chi connectivity index (χ1v) is 5.95. The number of amides is 1.